The third-order valence-corrected chi connectivity index (χ3v) is 5.00. The molecule has 2 aromatic carbocycles. The molecule has 2 aromatic rings. The highest BCUT2D eigenvalue weighted by Gasteiger charge is 2.30. The quantitative estimate of drug-likeness (QED) is 0.733. The fourth-order valence-corrected chi connectivity index (χ4v) is 3.60. The van der Waals surface area contributed by atoms with Gasteiger partial charge in [-0.2, -0.15) is 0 Å². The third kappa shape index (κ3) is 5.10. The lowest BCUT2D eigenvalue weighted by atomic mass is 10.0. The number of nitrogens with zero attached hydrogens (tertiary/aromatic N) is 2. The van der Waals surface area contributed by atoms with E-state index in [-0.39, 0.29) is 18.6 Å². The second kappa shape index (κ2) is 10.2. The molecule has 2 N–H and O–H groups in total. The topological polar surface area (TPSA) is 65.0 Å². The highest BCUT2D eigenvalue weighted by Crippen LogP contribution is 2.28. The van der Waals surface area contributed by atoms with Crippen LogP contribution in [0, 0.1) is 0 Å². The minimum absolute atomic E-state index is 0.0611. The van der Waals surface area contributed by atoms with Crippen molar-refractivity contribution in [2.24, 2.45) is 0 Å². The number of β-amino-alcohol motifs (C(OH)–C–C–N with tert-alkyl or cyclic N) is 1. The van der Waals surface area contributed by atoms with Gasteiger partial charge in [0.2, 0.25) is 5.91 Å². The van der Waals surface area contributed by atoms with Crippen LogP contribution < -0.4 is 10.1 Å². The number of amides is 1. The Balaban J connectivity index is 1.79. The number of hydrogen-bond donors (Lipinski definition) is 2. The van der Waals surface area contributed by atoms with Gasteiger partial charge < -0.3 is 15.2 Å². The lowest BCUT2D eigenvalue weighted by Gasteiger charge is -2.38. The minimum atomic E-state index is -0.368. The molecule has 0 spiro atoms. The second-order valence-corrected chi connectivity index (χ2v) is 6.83. The maximum absolute atomic E-state index is 13.3. The molecule has 0 radical (unpaired) electrons. The molecule has 0 aliphatic carbocycles. The molecule has 0 saturated carbocycles. The fraction of sp³-hybridized carbons (Fsp3) is 0.409. The fourth-order valence-electron chi connectivity index (χ4n) is 3.60. The Morgan fingerprint density at radius 1 is 1.07 bits per heavy atom. The first-order chi connectivity index (χ1) is 13.7. The van der Waals surface area contributed by atoms with Crippen molar-refractivity contribution in [2.45, 2.75) is 13.0 Å². The normalized spacial score (nSPS) is 16.5. The van der Waals surface area contributed by atoms with Gasteiger partial charge in [0.1, 0.15) is 11.8 Å². The summed E-state index contributed by atoms with van der Waals surface area (Å²) in [6.45, 7) is 6.55. The zero-order valence-electron chi connectivity index (χ0n) is 16.4. The highest BCUT2D eigenvalue weighted by molar-refractivity contribution is 5.96. The van der Waals surface area contributed by atoms with E-state index < -0.39 is 0 Å². The summed E-state index contributed by atoms with van der Waals surface area (Å²) in [6.07, 6.45) is 0. The summed E-state index contributed by atoms with van der Waals surface area (Å²) in [6, 6.07) is 17.0. The van der Waals surface area contributed by atoms with E-state index in [1.165, 1.54) is 0 Å². The van der Waals surface area contributed by atoms with Crippen LogP contribution in [0.5, 0.6) is 5.75 Å². The van der Waals surface area contributed by atoms with Crippen LogP contribution in [0.2, 0.25) is 0 Å². The molecule has 3 rings (SSSR count). The van der Waals surface area contributed by atoms with Crippen LogP contribution in [0.25, 0.3) is 0 Å². The van der Waals surface area contributed by atoms with Gasteiger partial charge in [-0.1, -0.05) is 42.5 Å². The van der Waals surface area contributed by atoms with Gasteiger partial charge in [0.15, 0.2) is 0 Å². The van der Waals surface area contributed by atoms with E-state index in [1.54, 1.807) is 0 Å². The van der Waals surface area contributed by atoms with Crippen molar-refractivity contribution in [2.75, 3.05) is 51.3 Å². The van der Waals surface area contributed by atoms with Crippen LogP contribution in [-0.2, 0) is 4.79 Å². The maximum atomic E-state index is 13.3. The molecule has 0 bridgehead atoms. The van der Waals surface area contributed by atoms with Gasteiger partial charge in [0.25, 0.3) is 0 Å². The minimum Gasteiger partial charge on any atom is -0.492 e. The molecule has 1 unspecified atom stereocenters. The van der Waals surface area contributed by atoms with E-state index in [0.717, 1.165) is 31.7 Å². The molecule has 1 aliphatic heterocycles. The van der Waals surface area contributed by atoms with Crippen LogP contribution in [-0.4, -0.2) is 66.8 Å². The number of hydrogen-bond acceptors (Lipinski definition) is 5. The average molecular weight is 383 g/mol. The molecule has 28 heavy (non-hydrogen) atoms. The largest absolute Gasteiger partial charge is 0.492 e. The summed E-state index contributed by atoms with van der Waals surface area (Å²) in [5.74, 6) is 0.617. The Kier molecular flexibility index (Phi) is 7.42. The summed E-state index contributed by atoms with van der Waals surface area (Å²) in [7, 11) is 0. The molecule has 1 atom stereocenters. The number of nitrogens with one attached hydrogen (secondary N) is 1. The number of para-hydroxylation sites is 2. The van der Waals surface area contributed by atoms with Crippen LogP contribution >= 0.6 is 0 Å². The Labute approximate surface area is 166 Å². The van der Waals surface area contributed by atoms with Crippen LogP contribution in [0.4, 0.5) is 5.69 Å². The predicted molar refractivity (Wildman–Crippen MR) is 111 cm³/mol. The molecule has 150 valence electrons. The Bertz CT molecular complexity index is 746. The van der Waals surface area contributed by atoms with Gasteiger partial charge in [-0.15, -0.1) is 0 Å². The summed E-state index contributed by atoms with van der Waals surface area (Å²) < 4.78 is 5.65. The van der Waals surface area contributed by atoms with Crippen molar-refractivity contribution in [3.8, 4) is 5.75 Å². The van der Waals surface area contributed by atoms with Crippen molar-refractivity contribution >= 4 is 11.6 Å². The van der Waals surface area contributed by atoms with Crippen LogP contribution in [0.15, 0.2) is 54.6 Å². The van der Waals surface area contributed by atoms with Gasteiger partial charge in [-0.3, -0.25) is 14.6 Å². The van der Waals surface area contributed by atoms with Crippen LogP contribution in [0.1, 0.15) is 18.5 Å². The molecule has 1 amide bonds. The van der Waals surface area contributed by atoms with E-state index >= 15 is 0 Å². The molecule has 6 heteroatoms. The van der Waals surface area contributed by atoms with Crippen LogP contribution in [0.3, 0.4) is 0 Å². The molecule has 6 nitrogen and oxygen atoms in total. The monoisotopic (exact) mass is 383 g/mol. The Morgan fingerprint density at radius 3 is 2.43 bits per heavy atom. The summed E-state index contributed by atoms with van der Waals surface area (Å²) >= 11 is 0. The maximum Gasteiger partial charge on any atom is 0.246 e. The van der Waals surface area contributed by atoms with Gasteiger partial charge in [-0.25, -0.2) is 0 Å². The number of piperazine rings is 1. The lowest BCUT2D eigenvalue weighted by Crippen LogP contribution is -2.50. The molecule has 0 aromatic heterocycles. The van der Waals surface area contributed by atoms with E-state index in [1.807, 2.05) is 61.5 Å². The summed E-state index contributed by atoms with van der Waals surface area (Å²) in [5, 5.41) is 12.2. The zero-order chi connectivity index (χ0) is 19.8. The number of anilines is 1. The molecular formula is C22H29N3O3. The summed E-state index contributed by atoms with van der Waals surface area (Å²) in [5.41, 5.74) is 1.67. The molecule has 1 saturated heterocycles. The van der Waals surface area contributed by atoms with Gasteiger partial charge in [-0.05, 0) is 24.6 Å². The number of benzene rings is 2. The van der Waals surface area contributed by atoms with Gasteiger partial charge >= 0.3 is 0 Å². The smallest absolute Gasteiger partial charge is 0.246 e. The lowest BCUT2D eigenvalue weighted by molar-refractivity contribution is -0.122. The van der Waals surface area contributed by atoms with E-state index in [9.17, 15) is 4.79 Å². The van der Waals surface area contributed by atoms with Crippen molar-refractivity contribution in [3.63, 3.8) is 0 Å². The van der Waals surface area contributed by atoms with E-state index in [0.29, 0.717) is 24.6 Å². The number of carbonyl (C=O) groups is 1. The second-order valence-electron chi connectivity index (χ2n) is 6.83. The number of rotatable bonds is 8. The first kappa shape index (κ1) is 20.3. The van der Waals surface area contributed by atoms with Crippen molar-refractivity contribution in [1.82, 2.24) is 9.80 Å². The van der Waals surface area contributed by atoms with E-state index in [2.05, 4.69) is 15.1 Å². The highest BCUT2D eigenvalue weighted by atomic mass is 16.5. The number of ether oxygens (including phenoxy) is 1. The SMILES string of the molecule is CCOc1ccccc1NC(=O)C(c1ccccc1)N1CCN(CCO)CC1. The number of carbonyl (C=O) groups excluding carboxylic acids is 1. The number of aliphatic hydroxyl groups is 1. The van der Waals surface area contributed by atoms with Crippen molar-refractivity contribution in [1.29, 1.82) is 0 Å². The molecule has 1 aliphatic rings. The number of aliphatic hydroxyl groups excluding tert-OH is 1. The first-order valence-corrected chi connectivity index (χ1v) is 9.87. The Morgan fingerprint density at radius 2 is 1.75 bits per heavy atom. The molecule has 1 fully saturated rings. The van der Waals surface area contributed by atoms with E-state index in [4.69, 9.17) is 9.84 Å². The summed E-state index contributed by atoms with van der Waals surface area (Å²) in [4.78, 5) is 17.7. The van der Waals surface area contributed by atoms with Crippen molar-refractivity contribution < 1.29 is 14.6 Å². The third-order valence-electron chi connectivity index (χ3n) is 5.00. The molecule has 1 heterocycles. The first-order valence-electron chi connectivity index (χ1n) is 9.87. The Hall–Kier alpha value is -2.41. The van der Waals surface area contributed by atoms with Gasteiger partial charge in [0, 0.05) is 32.7 Å². The van der Waals surface area contributed by atoms with Crippen molar-refractivity contribution in [3.05, 3.63) is 60.2 Å². The van der Waals surface area contributed by atoms with Gasteiger partial charge in [0.05, 0.1) is 18.9 Å². The predicted octanol–water partition coefficient (Wildman–Crippen LogP) is 2.38. The average Bonchev–Trinajstić information content (AvgIpc) is 2.72. The standard InChI is InChI=1S/C22H29N3O3/c1-2-28-20-11-7-6-10-19(20)23-22(27)21(18-8-4-3-5-9-18)25-14-12-24(13-15-25)16-17-26/h3-11,21,26H,2,12-17H2,1H3,(H,23,27). The zero-order valence-corrected chi connectivity index (χ0v) is 16.4. The molecular weight excluding hydrogens is 354 g/mol.